The zero-order valence-corrected chi connectivity index (χ0v) is 15.8. The third-order valence-electron chi connectivity index (χ3n) is 4.29. The van der Waals surface area contributed by atoms with Crippen molar-refractivity contribution < 1.29 is 26.0 Å². The molecule has 2 heterocycles. The average Bonchev–Trinajstić information content (AvgIpc) is 3.15. The summed E-state index contributed by atoms with van der Waals surface area (Å²) in [6.45, 7) is -0.649. The number of nitrogens with one attached hydrogen (secondary N) is 1. The highest BCUT2D eigenvalue weighted by molar-refractivity contribution is 7.93. The summed E-state index contributed by atoms with van der Waals surface area (Å²) in [4.78, 5) is 4.00. The van der Waals surface area contributed by atoms with Crippen molar-refractivity contribution in [2.45, 2.75) is 11.4 Å². The third-order valence-corrected chi connectivity index (χ3v) is 5.67. The van der Waals surface area contributed by atoms with Crippen LogP contribution in [-0.2, 0) is 16.6 Å². The van der Waals surface area contributed by atoms with E-state index in [1.165, 1.54) is 24.5 Å². The maximum Gasteiger partial charge on any atom is 0.265 e. The maximum atomic E-state index is 13.8. The lowest BCUT2D eigenvalue weighted by atomic mass is 10.2. The van der Waals surface area contributed by atoms with Crippen molar-refractivity contribution in [3.63, 3.8) is 0 Å². The summed E-state index contributed by atoms with van der Waals surface area (Å²) in [5, 5.41) is 4.48. The molecule has 0 saturated heterocycles. The number of nitrogens with zero attached hydrogens (tertiary/aromatic N) is 3. The zero-order chi connectivity index (χ0) is 21.5. The monoisotopic (exact) mass is 436 g/mol. The number of hydrogen-bond donors (Lipinski definition) is 1. The lowest BCUT2D eigenvalue weighted by Gasteiger charge is -2.09. The van der Waals surface area contributed by atoms with E-state index in [9.17, 15) is 26.0 Å². The van der Waals surface area contributed by atoms with Crippen LogP contribution in [0.1, 0.15) is 5.56 Å². The number of fused-ring (bicyclic) bond motifs is 1. The minimum absolute atomic E-state index is 0.0839. The number of aromatic nitrogens is 3. The largest absolute Gasteiger partial charge is 0.266 e. The van der Waals surface area contributed by atoms with Gasteiger partial charge in [0.25, 0.3) is 10.0 Å². The fraction of sp³-hybridized carbons (Fsp3) is 0.0526. The number of sulfonamides is 1. The van der Waals surface area contributed by atoms with E-state index in [1.807, 2.05) is 0 Å². The number of pyridine rings is 1. The van der Waals surface area contributed by atoms with E-state index in [-0.39, 0.29) is 22.3 Å². The molecule has 0 saturated carbocycles. The molecule has 0 amide bonds. The summed E-state index contributed by atoms with van der Waals surface area (Å²) in [6.07, 6.45) is 2.66. The van der Waals surface area contributed by atoms with Gasteiger partial charge >= 0.3 is 0 Å². The molecular formula is C19H12F4N4O2S. The lowest BCUT2D eigenvalue weighted by Crippen LogP contribution is -2.15. The topological polar surface area (TPSA) is 76.9 Å². The Labute approximate surface area is 167 Å². The van der Waals surface area contributed by atoms with Crippen LogP contribution in [0.4, 0.5) is 23.4 Å². The second-order valence-electron chi connectivity index (χ2n) is 6.28. The van der Waals surface area contributed by atoms with E-state index >= 15 is 0 Å². The van der Waals surface area contributed by atoms with Gasteiger partial charge in [0, 0.05) is 29.9 Å². The molecule has 0 spiro atoms. The Morgan fingerprint density at radius 2 is 1.67 bits per heavy atom. The van der Waals surface area contributed by atoms with Crippen LogP contribution in [0.2, 0.25) is 0 Å². The van der Waals surface area contributed by atoms with E-state index in [0.717, 1.165) is 4.68 Å². The van der Waals surface area contributed by atoms with Crippen LogP contribution in [-0.4, -0.2) is 23.2 Å². The van der Waals surface area contributed by atoms with Gasteiger partial charge in [-0.3, -0.25) is 14.4 Å². The van der Waals surface area contributed by atoms with Gasteiger partial charge in [0.05, 0.1) is 17.6 Å². The summed E-state index contributed by atoms with van der Waals surface area (Å²) >= 11 is 0. The van der Waals surface area contributed by atoms with Gasteiger partial charge in [0.15, 0.2) is 29.1 Å². The normalized spacial score (nSPS) is 11.7. The molecule has 11 heteroatoms. The summed E-state index contributed by atoms with van der Waals surface area (Å²) in [5.41, 5.74) is -0.616. The van der Waals surface area contributed by atoms with Crippen molar-refractivity contribution in [2.75, 3.05) is 4.72 Å². The smallest absolute Gasteiger partial charge is 0.265 e. The number of halogens is 4. The molecule has 0 radical (unpaired) electrons. The van der Waals surface area contributed by atoms with Crippen LogP contribution in [0.3, 0.4) is 0 Å². The second kappa shape index (κ2) is 7.41. The Morgan fingerprint density at radius 1 is 0.967 bits per heavy atom. The van der Waals surface area contributed by atoms with Crippen molar-refractivity contribution in [3.05, 3.63) is 83.7 Å². The third kappa shape index (κ3) is 3.59. The van der Waals surface area contributed by atoms with Crippen molar-refractivity contribution >= 4 is 26.7 Å². The number of para-hydroxylation sites is 1. The predicted molar refractivity (Wildman–Crippen MR) is 100 cm³/mol. The van der Waals surface area contributed by atoms with Crippen LogP contribution in [0.5, 0.6) is 0 Å². The second-order valence-corrected chi connectivity index (χ2v) is 7.93. The first-order chi connectivity index (χ1) is 14.3. The standard InChI is InChI=1S/C19H12F4N4O2S/c20-13-9-14(21)18(23)12(17(13)22)10-27-8-6-16(25-27)26-30(28,29)15-5-1-3-11-4-2-7-24-19(11)15/h1-9H,10H2,(H,25,26). The predicted octanol–water partition coefficient (Wildman–Crippen LogP) is 3.84. The molecule has 4 aromatic rings. The Morgan fingerprint density at radius 3 is 2.40 bits per heavy atom. The van der Waals surface area contributed by atoms with Gasteiger partial charge in [-0.25, -0.2) is 26.0 Å². The molecule has 0 fully saturated rings. The van der Waals surface area contributed by atoms with Crippen LogP contribution in [0.25, 0.3) is 10.9 Å². The molecule has 6 nitrogen and oxygen atoms in total. The molecule has 1 N–H and O–H groups in total. The highest BCUT2D eigenvalue weighted by Gasteiger charge is 2.21. The van der Waals surface area contributed by atoms with Gasteiger partial charge in [-0.05, 0) is 12.1 Å². The van der Waals surface area contributed by atoms with E-state index in [2.05, 4.69) is 14.8 Å². The maximum absolute atomic E-state index is 13.8. The molecular weight excluding hydrogens is 424 g/mol. The van der Waals surface area contributed by atoms with Crippen LogP contribution >= 0.6 is 0 Å². The Bertz CT molecular complexity index is 1340. The van der Waals surface area contributed by atoms with Crippen LogP contribution < -0.4 is 4.72 Å². The summed E-state index contributed by atoms with van der Waals surface area (Å²) in [5.74, 6) is -6.33. The molecule has 0 aliphatic heterocycles. The molecule has 0 atom stereocenters. The first kappa shape index (κ1) is 19.8. The molecule has 0 aliphatic carbocycles. The average molecular weight is 436 g/mol. The highest BCUT2D eigenvalue weighted by Crippen LogP contribution is 2.23. The lowest BCUT2D eigenvalue weighted by molar-refractivity contribution is 0.431. The fourth-order valence-corrected chi connectivity index (χ4v) is 4.09. The van der Waals surface area contributed by atoms with Crippen LogP contribution in [0.15, 0.2) is 59.8 Å². The molecule has 30 heavy (non-hydrogen) atoms. The molecule has 2 aromatic heterocycles. The molecule has 0 bridgehead atoms. The summed E-state index contributed by atoms with van der Waals surface area (Å²) in [6, 6.07) is 9.35. The van der Waals surface area contributed by atoms with Crippen molar-refractivity contribution in [2.24, 2.45) is 0 Å². The van der Waals surface area contributed by atoms with Gasteiger partial charge in [-0.1, -0.05) is 18.2 Å². The molecule has 0 aliphatic rings. The van der Waals surface area contributed by atoms with E-state index in [0.29, 0.717) is 5.39 Å². The number of anilines is 1. The fourth-order valence-electron chi connectivity index (χ4n) is 2.91. The Kier molecular flexibility index (Phi) is 4.90. The number of rotatable bonds is 5. The summed E-state index contributed by atoms with van der Waals surface area (Å²) < 4.78 is 83.1. The molecule has 0 unspecified atom stereocenters. The first-order valence-electron chi connectivity index (χ1n) is 8.48. The van der Waals surface area contributed by atoms with E-state index in [1.54, 1.807) is 24.3 Å². The highest BCUT2D eigenvalue weighted by atomic mass is 32.2. The first-order valence-corrected chi connectivity index (χ1v) is 9.96. The zero-order valence-electron chi connectivity index (χ0n) is 15.0. The molecule has 2 aromatic carbocycles. The van der Waals surface area contributed by atoms with Gasteiger partial charge in [-0.15, -0.1) is 0 Å². The van der Waals surface area contributed by atoms with Crippen molar-refractivity contribution in [1.82, 2.24) is 14.8 Å². The van der Waals surface area contributed by atoms with Crippen molar-refractivity contribution in [3.8, 4) is 0 Å². The van der Waals surface area contributed by atoms with Crippen molar-refractivity contribution in [1.29, 1.82) is 0 Å². The quantitative estimate of drug-likeness (QED) is 0.381. The van der Waals surface area contributed by atoms with Gasteiger partial charge in [0.2, 0.25) is 0 Å². The van der Waals surface area contributed by atoms with Gasteiger partial charge in [-0.2, -0.15) is 5.10 Å². The summed E-state index contributed by atoms with van der Waals surface area (Å²) in [7, 11) is -4.09. The number of hydrogen-bond acceptors (Lipinski definition) is 4. The van der Waals surface area contributed by atoms with E-state index < -0.39 is 45.4 Å². The Balaban J connectivity index is 1.63. The molecule has 4 rings (SSSR count). The van der Waals surface area contributed by atoms with Gasteiger partial charge < -0.3 is 0 Å². The number of benzene rings is 2. The van der Waals surface area contributed by atoms with E-state index in [4.69, 9.17) is 0 Å². The van der Waals surface area contributed by atoms with Crippen LogP contribution in [0, 0.1) is 23.3 Å². The molecule has 154 valence electrons. The minimum atomic E-state index is -4.09. The minimum Gasteiger partial charge on any atom is -0.266 e. The Hall–Kier alpha value is -3.47. The van der Waals surface area contributed by atoms with Gasteiger partial charge in [0.1, 0.15) is 4.90 Å². The SMILES string of the molecule is O=S(=O)(Nc1ccn(Cc2c(F)c(F)cc(F)c2F)n1)c1cccc2cccnc12.